The van der Waals surface area contributed by atoms with Crippen LogP contribution in [0.5, 0.6) is 0 Å². The van der Waals surface area contributed by atoms with E-state index in [9.17, 15) is 0 Å². The number of nitrogens with zero attached hydrogens (tertiary/aromatic N) is 12. The van der Waals surface area contributed by atoms with Crippen LogP contribution in [0.4, 0.5) is 0 Å². The normalized spacial score (nSPS) is 12.5. The van der Waals surface area contributed by atoms with Gasteiger partial charge in [0.2, 0.25) is 0 Å². The standard InChI is InChI=1S/C57H43N7.C33H21Br2N3.C18H23BN2O2/c1-36-29-37(2)59-53(58-36)44-25-21-42(22-26-44)50-33-51(43-23-27-45(28-24-43)54-60-38(3)30-39(4)61-54)35-52(34-50)57-63-55(48-19-11-17-46(31-48)40-13-7-5-8-14-40)62-56(64-57)49-20-12-18-47(32-49)41-15-9-6-10-16-41;34-29-19-28(20-30(35)21-29)33-37-31(26-15-7-13-24(17-26)22-9-3-1-4-10-22)36-32(38-33)27-16-8-14-25(18-27)23-11-5-2-6-12-23;1-12-11-13(2)21-16(20-12)14-7-9-15(10-8-14)19-22-17(3,4)18(5,6)23-19/h5-35H,1-4H3;1-21H;7-11H,1-6H3. The predicted octanol–water partition coefficient (Wildman–Crippen LogP) is 26.5. The van der Waals surface area contributed by atoms with Gasteiger partial charge in [-0.3, -0.25) is 0 Å². The van der Waals surface area contributed by atoms with E-state index in [0.29, 0.717) is 46.6 Å². The quantitative estimate of drug-likeness (QED) is 0.0836. The molecule has 13 aromatic carbocycles. The smallest absolute Gasteiger partial charge is 0.399 e. The van der Waals surface area contributed by atoms with Crippen LogP contribution in [0.1, 0.15) is 61.9 Å². The van der Waals surface area contributed by atoms with Gasteiger partial charge >= 0.3 is 7.12 Å². The Bertz CT molecular complexity index is 6540. The van der Waals surface area contributed by atoms with Gasteiger partial charge in [0.05, 0.1) is 11.2 Å². The lowest BCUT2D eigenvalue weighted by Crippen LogP contribution is -2.41. The molecule has 0 N–H and O–H groups in total. The summed E-state index contributed by atoms with van der Waals surface area (Å²) in [5.41, 5.74) is 27.4. The number of aryl methyl sites for hydroxylation is 6. The first-order valence-corrected chi connectivity index (χ1v) is 43.1. The fourth-order valence-electron chi connectivity index (χ4n) is 15.1. The van der Waals surface area contributed by atoms with Crippen LogP contribution >= 0.6 is 31.9 Å². The van der Waals surface area contributed by atoms with Crippen molar-refractivity contribution in [3.8, 4) is 169 Å². The second kappa shape index (κ2) is 36.6. The highest BCUT2D eigenvalue weighted by atomic mass is 79.9. The molecule has 0 radical (unpaired) electrons. The number of hydrogen-bond donors (Lipinski definition) is 0. The van der Waals surface area contributed by atoms with Crippen LogP contribution in [0.15, 0.2) is 355 Å². The minimum Gasteiger partial charge on any atom is -0.399 e. The lowest BCUT2D eigenvalue weighted by molar-refractivity contribution is 0.00578. The Hall–Kier alpha value is -13.9. The molecule has 1 saturated heterocycles. The summed E-state index contributed by atoms with van der Waals surface area (Å²) < 4.78 is 14.1. The largest absolute Gasteiger partial charge is 0.494 e. The highest BCUT2D eigenvalue weighted by Gasteiger charge is 2.51. The molecule has 5 aromatic heterocycles. The number of hydrogen-bond acceptors (Lipinski definition) is 14. The SMILES string of the molecule is Brc1cc(Br)cc(-c2nc(-c3cccc(-c4ccccc4)c3)nc(-c3cccc(-c4ccccc4)c3)n2)c1.Cc1cc(C)nc(-c2ccc(-c3cc(-c4ccc(-c5nc(C)cc(C)n5)cc4)cc(-c4nc(-c5cccc(-c6ccccc6)c5)nc(-c5cccc(-c6ccccc6)c5)n4)c3)cc2)n1.Cc1cc(C)nc(-c2ccc(B3OC(C)(C)C(C)(C)O3)cc2)n1. The van der Waals surface area contributed by atoms with E-state index >= 15 is 0 Å². The van der Waals surface area contributed by atoms with Gasteiger partial charge < -0.3 is 9.31 Å². The molecule has 19 rings (SSSR count). The Morgan fingerprint density at radius 3 is 0.664 bits per heavy atom. The first kappa shape index (κ1) is 83.3. The number of halogens is 2. The van der Waals surface area contributed by atoms with Crippen molar-refractivity contribution < 1.29 is 9.31 Å². The summed E-state index contributed by atoms with van der Waals surface area (Å²) in [5, 5.41) is 0. The van der Waals surface area contributed by atoms with Gasteiger partial charge in [-0.1, -0.05) is 299 Å². The second-order valence-electron chi connectivity index (χ2n) is 32.1. The van der Waals surface area contributed by atoms with E-state index in [1.54, 1.807) is 0 Å². The maximum Gasteiger partial charge on any atom is 0.494 e. The van der Waals surface area contributed by atoms with Crippen LogP contribution in [0.3, 0.4) is 0 Å². The average Bonchev–Trinajstić information content (AvgIpc) is 1.62. The average molecular weight is 1760 g/mol. The third-order valence-electron chi connectivity index (χ3n) is 22.1. The fourth-order valence-corrected chi connectivity index (χ4v) is 16.4. The summed E-state index contributed by atoms with van der Waals surface area (Å²) in [5.74, 6) is 5.79. The van der Waals surface area contributed by atoms with Crippen molar-refractivity contribution >= 4 is 44.4 Å². The molecule has 1 aliphatic heterocycles. The summed E-state index contributed by atoms with van der Waals surface area (Å²) in [7, 11) is -0.339. The van der Waals surface area contributed by atoms with E-state index in [2.05, 4.69) is 282 Å². The molecule has 0 atom stereocenters. The molecule has 0 bridgehead atoms. The zero-order valence-corrected chi connectivity index (χ0v) is 74.1. The van der Waals surface area contributed by atoms with Crippen LogP contribution in [0.25, 0.3) is 169 Å². The molecule has 0 saturated carbocycles. The highest BCUT2D eigenvalue weighted by molar-refractivity contribution is 9.11. The molecule has 1 fully saturated rings. The lowest BCUT2D eigenvalue weighted by Gasteiger charge is -2.32. The van der Waals surface area contributed by atoms with Gasteiger partial charge in [0.15, 0.2) is 52.4 Å². The van der Waals surface area contributed by atoms with Gasteiger partial charge in [-0.15, -0.1) is 0 Å². The van der Waals surface area contributed by atoms with Crippen LogP contribution in [0, 0.1) is 41.5 Å². The Morgan fingerprint density at radius 2 is 0.384 bits per heavy atom. The topological polar surface area (TPSA) is 173 Å². The summed E-state index contributed by atoms with van der Waals surface area (Å²) in [6.45, 7) is 20.2. The van der Waals surface area contributed by atoms with Crippen molar-refractivity contribution in [2.24, 2.45) is 0 Å². The van der Waals surface area contributed by atoms with Crippen LogP contribution < -0.4 is 5.46 Å². The van der Waals surface area contributed by atoms with Gasteiger partial charge in [0.1, 0.15) is 0 Å². The van der Waals surface area contributed by atoms with E-state index in [1.807, 2.05) is 175 Å². The highest BCUT2D eigenvalue weighted by Crippen LogP contribution is 2.40. The molecule has 0 unspecified atom stereocenters. The summed E-state index contributed by atoms with van der Waals surface area (Å²) in [6.07, 6.45) is 0. The summed E-state index contributed by atoms with van der Waals surface area (Å²) in [4.78, 5) is 58.5. The minimum atomic E-state index is -0.339. The molecule has 17 heteroatoms. The fraction of sp³-hybridized carbons (Fsp3) is 0.111. The van der Waals surface area contributed by atoms with E-state index in [-0.39, 0.29) is 18.3 Å². The van der Waals surface area contributed by atoms with Crippen molar-refractivity contribution in [3.63, 3.8) is 0 Å². The number of aromatic nitrogens is 12. The second-order valence-corrected chi connectivity index (χ2v) is 34.0. The maximum absolute atomic E-state index is 6.08. The zero-order chi connectivity index (χ0) is 86.3. The van der Waals surface area contributed by atoms with Crippen molar-refractivity contribution in [1.82, 2.24) is 59.8 Å². The third-order valence-corrected chi connectivity index (χ3v) is 23.0. The molecular weight excluding hydrogens is 1670 g/mol. The molecule has 18 aromatic rings. The molecule has 0 spiro atoms. The van der Waals surface area contributed by atoms with Crippen molar-refractivity contribution in [3.05, 3.63) is 389 Å². The van der Waals surface area contributed by atoms with E-state index in [4.69, 9.17) is 59.1 Å². The van der Waals surface area contributed by atoms with E-state index in [1.165, 1.54) is 0 Å². The van der Waals surface area contributed by atoms with Crippen LogP contribution in [-0.2, 0) is 9.31 Å². The van der Waals surface area contributed by atoms with E-state index in [0.717, 1.165) is 171 Å². The monoisotopic (exact) mass is 1750 g/mol. The maximum atomic E-state index is 6.08. The third kappa shape index (κ3) is 19.8. The molecule has 0 aliphatic carbocycles. The van der Waals surface area contributed by atoms with E-state index < -0.39 is 0 Å². The van der Waals surface area contributed by atoms with Crippen molar-refractivity contribution in [2.45, 2.75) is 80.4 Å². The molecule has 608 valence electrons. The summed E-state index contributed by atoms with van der Waals surface area (Å²) in [6, 6.07) is 119. The Morgan fingerprint density at radius 1 is 0.184 bits per heavy atom. The Labute approximate surface area is 746 Å². The number of rotatable bonds is 16. The number of benzene rings is 13. The van der Waals surface area contributed by atoms with Gasteiger partial charge in [-0.2, -0.15) is 0 Å². The summed E-state index contributed by atoms with van der Waals surface area (Å²) >= 11 is 7.21. The van der Waals surface area contributed by atoms with Gasteiger partial charge in [0.25, 0.3) is 0 Å². The molecule has 1 aliphatic rings. The van der Waals surface area contributed by atoms with Crippen molar-refractivity contribution in [2.75, 3.05) is 0 Å². The van der Waals surface area contributed by atoms with Crippen molar-refractivity contribution in [1.29, 1.82) is 0 Å². The Kier molecular flexibility index (Phi) is 24.4. The van der Waals surface area contributed by atoms with Gasteiger partial charge in [0, 0.05) is 93.2 Å². The Balaban J connectivity index is 0.000000152. The first-order valence-electron chi connectivity index (χ1n) is 41.5. The predicted molar refractivity (Wildman–Crippen MR) is 514 cm³/mol. The van der Waals surface area contributed by atoms with Crippen LogP contribution in [-0.4, -0.2) is 78.1 Å². The lowest BCUT2D eigenvalue weighted by atomic mass is 9.79. The minimum absolute atomic E-state index is 0.326. The molecular formula is C108H87BBr2N12O2. The molecule has 125 heavy (non-hydrogen) atoms. The van der Waals surface area contributed by atoms with Crippen LogP contribution in [0.2, 0.25) is 0 Å². The zero-order valence-electron chi connectivity index (χ0n) is 70.9. The molecule has 0 amide bonds. The molecule has 6 heterocycles. The van der Waals surface area contributed by atoms with Gasteiger partial charge in [-0.05, 0) is 220 Å². The first-order chi connectivity index (χ1) is 60.6. The van der Waals surface area contributed by atoms with Gasteiger partial charge in [-0.25, -0.2) is 59.8 Å². The molecule has 14 nitrogen and oxygen atoms in total.